The van der Waals surface area contributed by atoms with Gasteiger partial charge >= 0.3 is 0 Å². The molecule has 1 amide bonds. The molecule has 0 aliphatic carbocycles. The van der Waals surface area contributed by atoms with E-state index in [0.717, 1.165) is 0 Å². The highest BCUT2D eigenvalue weighted by Gasteiger charge is 2.05. The van der Waals surface area contributed by atoms with E-state index in [1.165, 1.54) is 6.26 Å². The van der Waals surface area contributed by atoms with Crippen molar-refractivity contribution in [1.82, 2.24) is 4.98 Å². The van der Waals surface area contributed by atoms with Gasteiger partial charge in [-0.3, -0.25) is 4.79 Å². The Bertz CT molecular complexity index is 243. The minimum absolute atomic E-state index is 0.129. The predicted octanol–water partition coefficient (Wildman–Crippen LogP) is -0.185. The Morgan fingerprint density at radius 1 is 1.90 bits per heavy atom. The van der Waals surface area contributed by atoms with E-state index in [4.69, 9.17) is 10.2 Å². The van der Waals surface area contributed by atoms with E-state index < -0.39 is 5.91 Å². The Hall–Kier alpha value is -1.52. The zero-order chi connectivity index (χ0) is 7.56. The van der Waals surface area contributed by atoms with Gasteiger partial charge in [-0.05, 0) is 0 Å². The van der Waals surface area contributed by atoms with Crippen LogP contribution < -0.4 is 11.1 Å². The fourth-order valence-electron chi connectivity index (χ4n) is 0.502. The number of nitrogens with two attached hydrogens (primary N) is 1. The van der Waals surface area contributed by atoms with Gasteiger partial charge in [0.15, 0.2) is 5.69 Å². The monoisotopic (exact) mass is 141 g/mol. The number of rotatable bonds is 2. The van der Waals surface area contributed by atoms with Crippen molar-refractivity contribution in [1.29, 1.82) is 0 Å². The van der Waals surface area contributed by atoms with Crippen molar-refractivity contribution in [3.63, 3.8) is 0 Å². The number of primary amides is 1. The van der Waals surface area contributed by atoms with Crippen LogP contribution in [0.3, 0.4) is 0 Å². The highest BCUT2D eigenvalue weighted by Crippen LogP contribution is 2.04. The second-order valence-corrected chi connectivity index (χ2v) is 1.65. The number of aromatic nitrogens is 1. The number of oxazole rings is 1. The molecule has 10 heavy (non-hydrogen) atoms. The highest BCUT2D eigenvalue weighted by atomic mass is 16.4. The highest BCUT2D eigenvalue weighted by molar-refractivity contribution is 5.90. The molecule has 5 heteroatoms. The van der Waals surface area contributed by atoms with Gasteiger partial charge in [-0.15, -0.1) is 0 Å². The molecule has 0 aromatic carbocycles. The van der Waals surface area contributed by atoms with Crippen LogP contribution in [-0.2, 0) is 0 Å². The molecule has 0 unspecified atom stereocenters. The first-order valence-electron chi connectivity index (χ1n) is 2.67. The zero-order valence-electron chi connectivity index (χ0n) is 5.42. The molecule has 1 heterocycles. The van der Waals surface area contributed by atoms with Gasteiger partial charge in [0.2, 0.25) is 0 Å². The molecular formula is C5H7N3O2. The average Bonchev–Trinajstić information content (AvgIpc) is 2.34. The molecule has 0 atom stereocenters. The van der Waals surface area contributed by atoms with Gasteiger partial charge in [0, 0.05) is 7.05 Å². The van der Waals surface area contributed by atoms with Gasteiger partial charge < -0.3 is 15.5 Å². The van der Waals surface area contributed by atoms with Crippen molar-refractivity contribution in [3.8, 4) is 0 Å². The molecule has 3 N–H and O–H groups in total. The first-order valence-corrected chi connectivity index (χ1v) is 2.67. The molecule has 0 saturated carbocycles. The summed E-state index contributed by atoms with van der Waals surface area (Å²) < 4.78 is 4.75. The Morgan fingerprint density at radius 3 is 2.90 bits per heavy atom. The molecule has 0 spiro atoms. The lowest BCUT2D eigenvalue weighted by Gasteiger charge is -1.84. The number of nitrogens with zero attached hydrogens (tertiary/aromatic N) is 1. The second kappa shape index (κ2) is 2.38. The topological polar surface area (TPSA) is 81.1 Å². The number of hydrogen-bond acceptors (Lipinski definition) is 4. The summed E-state index contributed by atoms with van der Waals surface area (Å²) in [7, 11) is 1.64. The van der Waals surface area contributed by atoms with E-state index in [0.29, 0.717) is 0 Å². The lowest BCUT2D eigenvalue weighted by molar-refractivity contribution is 0.0995. The number of nitrogens with one attached hydrogen (secondary N) is 1. The van der Waals surface area contributed by atoms with Gasteiger partial charge in [0.1, 0.15) is 6.26 Å². The predicted molar refractivity (Wildman–Crippen MR) is 34.6 cm³/mol. The summed E-state index contributed by atoms with van der Waals surface area (Å²) in [5.41, 5.74) is 5.02. The fourth-order valence-corrected chi connectivity index (χ4v) is 0.502. The van der Waals surface area contributed by atoms with Crippen LogP contribution in [0.15, 0.2) is 10.7 Å². The number of anilines is 1. The van der Waals surface area contributed by atoms with Gasteiger partial charge in [0.25, 0.3) is 11.9 Å². The zero-order valence-corrected chi connectivity index (χ0v) is 5.42. The minimum Gasteiger partial charge on any atom is -0.431 e. The molecule has 1 aromatic heterocycles. The number of carbonyl (C=O) groups excluding carboxylic acids is 1. The maximum absolute atomic E-state index is 10.4. The summed E-state index contributed by atoms with van der Waals surface area (Å²) in [5, 5.41) is 2.62. The van der Waals surface area contributed by atoms with Crippen LogP contribution in [0.2, 0.25) is 0 Å². The van der Waals surface area contributed by atoms with Crippen molar-refractivity contribution in [2.75, 3.05) is 12.4 Å². The standard InChI is InChI=1S/C5H7N3O2/c1-7-5-8-3(2-10-5)4(6)9/h2H,1H3,(H2,6,9)(H,7,8). The summed E-state index contributed by atoms with van der Waals surface area (Å²) in [6, 6.07) is 0.286. The largest absolute Gasteiger partial charge is 0.431 e. The molecule has 0 saturated heterocycles. The van der Waals surface area contributed by atoms with Crippen molar-refractivity contribution in [2.45, 2.75) is 0 Å². The summed E-state index contributed by atoms with van der Waals surface area (Å²) in [6.45, 7) is 0. The molecule has 5 nitrogen and oxygen atoms in total. The SMILES string of the molecule is CNc1nc(C(N)=O)co1. The molecule has 1 rings (SSSR count). The molecule has 0 fully saturated rings. The van der Waals surface area contributed by atoms with Gasteiger partial charge in [-0.25, -0.2) is 0 Å². The molecule has 0 bridgehead atoms. The summed E-state index contributed by atoms with van der Waals surface area (Å²) in [4.78, 5) is 14.1. The lowest BCUT2D eigenvalue weighted by Crippen LogP contribution is -2.11. The Kier molecular flexibility index (Phi) is 1.57. The summed E-state index contributed by atoms with van der Waals surface area (Å²) in [5.74, 6) is -0.592. The molecule has 54 valence electrons. The van der Waals surface area contributed by atoms with Crippen molar-refractivity contribution >= 4 is 11.9 Å². The van der Waals surface area contributed by atoms with E-state index in [2.05, 4.69) is 10.3 Å². The van der Waals surface area contributed by atoms with E-state index in [1.807, 2.05) is 0 Å². The number of hydrogen-bond donors (Lipinski definition) is 2. The van der Waals surface area contributed by atoms with Crippen LogP contribution in [-0.4, -0.2) is 17.9 Å². The minimum atomic E-state index is -0.592. The molecular weight excluding hydrogens is 134 g/mol. The molecule has 0 aliphatic rings. The molecule has 0 radical (unpaired) electrons. The molecule has 0 aliphatic heterocycles. The maximum Gasteiger partial charge on any atom is 0.294 e. The first kappa shape index (κ1) is 6.60. The lowest BCUT2D eigenvalue weighted by atomic mass is 10.5. The third kappa shape index (κ3) is 1.07. The smallest absolute Gasteiger partial charge is 0.294 e. The van der Waals surface area contributed by atoms with E-state index in [9.17, 15) is 4.79 Å². The third-order valence-electron chi connectivity index (χ3n) is 0.971. The van der Waals surface area contributed by atoms with E-state index >= 15 is 0 Å². The Labute approximate surface area is 57.2 Å². The van der Waals surface area contributed by atoms with E-state index in [-0.39, 0.29) is 11.7 Å². The maximum atomic E-state index is 10.4. The van der Waals surface area contributed by atoms with Crippen LogP contribution >= 0.6 is 0 Å². The van der Waals surface area contributed by atoms with Crippen LogP contribution in [0.4, 0.5) is 6.01 Å². The average molecular weight is 141 g/mol. The second-order valence-electron chi connectivity index (χ2n) is 1.65. The Morgan fingerprint density at radius 2 is 2.60 bits per heavy atom. The van der Waals surface area contributed by atoms with Gasteiger partial charge in [-0.1, -0.05) is 0 Å². The third-order valence-corrected chi connectivity index (χ3v) is 0.971. The van der Waals surface area contributed by atoms with Crippen molar-refractivity contribution in [3.05, 3.63) is 12.0 Å². The Balaban J connectivity index is 2.88. The summed E-state index contributed by atoms with van der Waals surface area (Å²) >= 11 is 0. The van der Waals surface area contributed by atoms with Crippen molar-refractivity contribution < 1.29 is 9.21 Å². The van der Waals surface area contributed by atoms with Crippen LogP contribution in [0.5, 0.6) is 0 Å². The quantitative estimate of drug-likeness (QED) is 0.598. The van der Waals surface area contributed by atoms with Crippen LogP contribution in [0, 0.1) is 0 Å². The van der Waals surface area contributed by atoms with Gasteiger partial charge in [-0.2, -0.15) is 4.98 Å². The fraction of sp³-hybridized carbons (Fsp3) is 0.200. The van der Waals surface area contributed by atoms with Crippen LogP contribution in [0.1, 0.15) is 10.5 Å². The normalized spacial score (nSPS) is 9.30. The number of carbonyl (C=O) groups is 1. The molecule has 1 aromatic rings. The van der Waals surface area contributed by atoms with E-state index in [1.54, 1.807) is 7.05 Å². The van der Waals surface area contributed by atoms with Crippen LogP contribution in [0.25, 0.3) is 0 Å². The van der Waals surface area contributed by atoms with Crippen molar-refractivity contribution in [2.24, 2.45) is 5.73 Å². The first-order chi connectivity index (χ1) is 4.74. The number of amides is 1. The van der Waals surface area contributed by atoms with Gasteiger partial charge in [0.05, 0.1) is 0 Å². The summed E-state index contributed by atoms with van der Waals surface area (Å²) in [6.07, 6.45) is 1.20.